The lowest BCUT2D eigenvalue weighted by atomic mass is 9.86. The van der Waals surface area contributed by atoms with Crippen LogP contribution in [0.4, 0.5) is 4.39 Å². The summed E-state index contributed by atoms with van der Waals surface area (Å²) in [5.74, 6) is 0.539. The quantitative estimate of drug-likeness (QED) is 0.764. The van der Waals surface area contributed by atoms with E-state index in [-0.39, 0.29) is 22.5 Å². The van der Waals surface area contributed by atoms with Crippen molar-refractivity contribution in [1.82, 2.24) is 4.90 Å². The van der Waals surface area contributed by atoms with Gasteiger partial charge in [-0.3, -0.25) is 4.79 Å². The van der Waals surface area contributed by atoms with Gasteiger partial charge in [-0.2, -0.15) is 0 Å². The molecule has 1 amide bonds. The fourth-order valence-electron chi connectivity index (χ4n) is 2.89. The number of carbonyl (C=O) groups is 1. The smallest absolute Gasteiger partial charge is 0.255 e. The highest BCUT2D eigenvalue weighted by atomic mass is 32.2. The molecule has 0 N–H and O–H groups in total. The van der Waals surface area contributed by atoms with Gasteiger partial charge < -0.3 is 4.90 Å². The van der Waals surface area contributed by atoms with Gasteiger partial charge in [-0.15, -0.1) is 11.8 Å². The highest BCUT2D eigenvalue weighted by Crippen LogP contribution is 2.39. The Balaban J connectivity index is 1.85. The topological polar surface area (TPSA) is 20.3 Å². The first kappa shape index (κ1) is 17.0. The van der Waals surface area contributed by atoms with Crippen LogP contribution in [-0.4, -0.2) is 23.1 Å². The molecule has 1 saturated heterocycles. The summed E-state index contributed by atoms with van der Waals surface area (Å²) in [5.41, 5.74) is 2.49. The summed E-state index contributed by atoms with van der Waals surface area (Å²) in [6.45, 7) is 7.09. The molecule has 0 aromatic heterocycles. The Morgan fingerprint density at radius 1 is 1.12 bits per heavy atom. The Kier molecular flexibility index (Phi) is 4.68. The van der Waals surface area contributed by atoms with E-state index in [0.717, 1.165) is 5.75 Å². The second kappa shape index (κ2) is 6.60. The number of benzene rings is 2. The van der Waals surface area contributed by atoms with Crippen molar-refractivity contribution in [3.8, 4) is 0 Å². The van der Waals surface area contributed by atoms with Crippen molar-refractivity contribution in [3.05, 3.63) is 71.0 Å². The summed E-state index contributed by atoms with van der Waals surface area (Å²) in [6.07, 6.45) is 0. The van der Waals surface area contributed by atoms with Gasteiger partial charge in [0.05, 0.1) is 0 Å². The molecule has 2 aromatic carbocycles. The minimum absolute atomic E-state index is 0.0336. The Bertz CT molecular complexity index is 736. The summed E-state index contributed by atoms with van der Waals surface area (Å²) in [5, 5.41) is -0.249. The van der Waals surface area contributed by atoms with Crippen molar-refractivity contribution >= 4 is 17.7 Å². The van der Waals surface area contributed by atoms with Gasteiger partial charge >= 0.3 is 0 Å². The Hall–Kier alpha value is -1.81. The highest BCUT2D eigenvalue weighted by Gasteiger charge is 2.32. The molecule has 4 heteroatoms. The predicted octanol–water partition coefficient (Wildman–Crippen LogP) is 5.01. The lowest BCUT2D eigenvalue weighted by Crippen LogP contribution is -2.30. The van der Waals surface area contributed by atoms with E-state index in [1.54, 1.807) is 28.8 Å². The summed E-state index contributed by atoms with van der Waals surface area (Å²) in [7, 11) is 0. The maximum Gasteiger partial charge on any atom is 0.255 e. The molecule has 2 aromatic rings. The molecule has 1 atom stereocenters. The van der Waals surface area contributed by atoms with Gasteiger partial charge in [0.25, 0.3) is 5.91 Å². The third-order valence-electron chi connectivity index (χ3n) is 4.32. The van der Waals surface area contributed by atoms with Crippen LogP contribution < -0.4 is 0 Å². The number of nitrogens with zero attached hydrogens (tertiary/aromatic N) is 1. The van der Waals surface area contributed by atoms with Crippen LogP contribution in [0.5, 0.6) is 0 Å². The highest BCUT2D eigenvalue weighted by molar-refractivity contribution is 7.99. The van der Waals surface area contributed by atoms with E-state index < -0.39 is 0 Å². The third-order valence-corrected chi connectivity index (χ3v) is 5.56. The van der Waals surface area contributed by atoms with Crippen molar-refractivity contribution in [1.29, 1.82) is 0 Å². The van der Waals surface area contributed by atoms with Crippen LogP contribution in [0.1, 0.15) is 47.6 Å². The average Bonchev–Trinajstić information content (AvgIpc) is 3.03. The number of hydrogen-bond donors (Lipinski definition) is 0. The standard InChI is InChI=1S/C20H22FNOS/c1-20(2,3)15-10-8-14(9-11-15)18(23)22-12-13-24-19(22)16-6-4-5-7-17(16)21/h4-11,19H,12-13H2,1-3H3. The molecule has 1 aliphatic heterocycles. The second-order valence-corrected chi connectivity index (χ2v) is 8.26. The zero-order valence-corrected chi connectivity index (χ0v) is 15.1. The second-order valence-electron chi connectivity index (χ2n) is 7.07. The molecule has 1 aliphatic rings. The molecule has 0 bridgehead atoms. The maximum absolute atomic E-state index is 14.1. The van der Waals surface area contributed by atoms with E-state index in [0.29, 0.717) is 17.7 Å². The molecular formula is C20H22FNOS. The van der Waals surface area contributed by atoms with E-state index >= 15 is 0 Å². The summed E-state index contributed by atoms with van der Waals surface area (Å²) in [6, 6.07) is 14.5. The van der Waals surface area contributed by atoms with Crippen molar-refractivity contribution in [2.75, 3.05) is 12.3 Å². The molecular weight excluding hydrogens is 321 g/mol. The number of halogens is 1. The Morgan fingerprint density at radius 3 is 2.42 bits per heavy atom. The molecule has 1 heterocycles. The molecule has 0 saturated carbocycles. The molecule has 126 valence electrons. The van der Waals surface area contributed by atoms with Crippen LogP contribution >= 0.6 is 11.8 Å². The van der Waals surface area contributed by atoms with Crippen LogP contribution in [0.25, 0.3) is 0 Å². The minimum Gasteiger partial charge on any atom is -0.322 e. The van der Waals surface area contributed by atoms with E-state index in [2.05, 4.69) is 20.8 Å². The van der Waals surface area contributed by atoms with Crippen LogP contribution in [0.2, 0.25) is 0 Å². The van der Waals surface area contributed by atoms with Crippen LogP contribution in [0, 0.1) is 5.82 Å². The van der Waals surface area contributed by atoms with Crippen molar-refractivity contribution in [2.45, 2.75) is 31.6 Å². The van der Waals surface area contributed by atoms with Gasteiger partial charge in [-0.1, -0.05) is 51.1 Å². The Morgan fingerprint density at radius 2 is 1.79 bits per heavy atom. The number of hydrogen-bond acceptors (Lipinski definition) is 2. The number of amides is 1. The van der Waals surface area contributed by atoms with Crippen molar-refractivity contribution in [2.24, 2.45) is 0 Å². The molecule has 0 radical (unpaired) electrons. The van der Waals surface area contributed by atoms with Gasteiger partial charge in [-0.25, -0.2) is 4.39 Å². The third kappa shape index (κ3) is 3.34. The maximum atomic E-state index is 14.1. The predicted molar refractivity (Wildman–Crippen MR) is 97.8 cm³/mol. The van der Waals surface area contributed by atoms with E-state index in [4.69, 9.17) is 0 Å². The minimum atomic E-state index is -0.252. The lowest BCUT2D eigenvalue weighted by molar-refractivity contribution is 0.0759. The van der Waals surface area contributed by atoms with E-state index in [1.165, 1.54) is 11.6 Å². The normalized spacial score (nSPS) is 18.0. The first-order chi connectivity index (χ1) is 11.4. The van der Waals surface area contributed by atoms with Gasteiger partial charge in [0.1, 0.15) is 11.2 Å². The number of thioether (sulfide) groups is 1. The van der Waals surface area contributed by atoms with Gasteiger partial charge in [0, 0.05) is 23.4 Å². The monoisotopic (exact) mass is 343 g/mol. The SMILES string of the molecule is CC(C)(C)c1ccc(C(=O)N2CCSC2c2ccccc2F)cc1. The van der Waals surface area contributed by atoms with Gasteiger partial charge in [0.2, 0.25) is 0 Å². The summed E-state index contributed by atoms with van der Waals surface area (Å²) < 4.78 is 14.1. The number of carbonyl (C=O) groups excluding carboxylic acids is 1. The number of rotatable bonds is 2. The van der Waals surface area contributed by atoms with Gasteiger partial charge in [0.15, 0.2) is 0 Å². The zero-order valence-electron chi connectivity index (χ0n) is 14.3. The van der Waals surface area contributed by atoms with Crippen LogP contribution in [0.15, 0.2) is 48.5 Å². The summed E-state index contributed by atoms with van der Waals surface area (Å²) >= 11 is 1.61. The van der Waals surface area contributed by atoms with Crippen molar-refractivity contribution in [3.63, 3.8) is 0 Å². The van der Waals surface area contributed by atoms with Crippen molar-refractivity contribution < 1.29 is 9.18 Å². The molecule has 3 rings (SSSR count). The first-order valence-electron chi connectivity index (χ1n) is 8.15. The zero-order chi connectivity index (χ0) is 17.3. The molecule has 24 heavy (non-hydrogen) atoms. The van der Waals surface area contributed by atoms with E-state index in [9.17, 15) is 9.18 Å². The molecule has 0 aliphatic carbocycles. The molecule has 0 spiro atoms. The first-order valence-corrected chi connectivity index (χ1v) is 9.20. The van der Waals surface area contributed by atoms with Crippen LogP contribution in [-0.2, 0) is 5.41 Å². The molecule has 1 unspecified atom stereocenters. The largest absolute Gasteiger partial charge is 0.322 e. The molecule has 1 fully saturated rings. The van der Waals surface area contributed by atoms with Gasteiger partial charge in [-0.05, 0) is 29.2 Å². The average molecular weight is 343 g/mol. The Labute approximate surface area is 147 Å². The summed E-state index contributed by atoms with van der Waals surface area (Å²) in [4.78, 5) is 14.7. The molecule has 2 nitrogen and oxygen atoms in total. The van der Waals surface area contributed by atoms with E-state index in [1.807, 2.05) is 30.3 Å². The lowest BCUT2D eigenvalue weighted by Gasteiger charge is -2.25. The van der Waals surface area contributed by atoms with Crippen LogP contribution in [0.3, 0.4) is 0 Å². The fourth-order valence-corrected chi connectivity index (χ4v) is 4.17. The fraction of sp³-hybridized carbons (Fsp3) is 0.350.